The van der Waals surface area contributed by atoms with E-state index in [1.165, 1.54) is 4.90 Å². The molecule has 0 radical (unpaired) electrons. The van der Waals surface area contributed by atoms with Crippen LogP contribution in [0.25, 0.3) is 11.1 Å². The van der Waals surface area contributed by atoms with Crippen LogP contribution in [0.2, 0.25) is 0 Å². The van der Waals surface area contributed by atoms with Gasteiger partial charge in [0, 0.05) is 32.0 Å². The van der Waals surface area contributed by atoms with Crippen LogP contribution < -0.4 is 18.9 Å². The first-order chi connectivity index (χ1) is 34.2. The molecule has 8 rings (SSSR count). The van der Waals surface area contributed by atoms with E-state index >= 15 is 0 Å². The number of carbonyl (C=O) groups excluding carboxylic acids is 5. The molecule has 8 aromatic carbocycles. The average Bonchev–Trinajstić information content (AvgIpc) is 3.37. The van der Waals surface area contributed by atoms with Gasteiger partial charge in [-0.3, -0.25) is 4.79 Å². The second-order valence-electron chi connectivity index (χ2n) is 15.5. The summed E-state index contributed by atoms with van der Waals surface area (Å²) in [6, 6.07) is 56.3. The monoisotopic (exact) mass is 1200 g/mol. The first kappa shape index (κ1) is 51.6. The Morgan fingerprint density at radius 3 is 0.704 bits per heavy atom. The third-order valence-corrected chi connectivity index (χ3v) is 12.1. The van der Waals surface area contributed by atoms with Crippen LogP contribution in [-0.2, 0) is 4.79 Å². The van der Waals surface area contributed by atoms with Crippen LogP contribution in [0, 0.1) is 0 Å². The number of ether oxygens (including phenoxy) is 4. The Balaban J connectivity index is 0.00000141. The second-order valence-corrected chi connectivity index (χ2v) is 19.2. The van der Waals surface area contributed by atoms with Gasteiger partial charge in [-0.2, -0.15) is 0 Å². The molecule has 10 nitrogen and oxygen atoms in total. The normalized spacial score (nSPS) is 10.4. The van der Waals surface area contributed by atoms with Gasteiger partial charge in [0.1, 0.15) is 23.0 Å². The van der Waals surface area contributed by atoms with Crippen molar-refractivity contribution in [3.05, 3.63) is 257 Å². The zero-order valence-electron chi connectivity index (χ0n) is 37.7. The highest BCUT2D eigenvalue weighted by molar-refractivity contribution is 9.11. The Hall–Kier alpha value is -7.23. The van der Waals surface area contributed by atoms with Crippen LogP contribution in [0.4, 0.5) is 0 Å². The van der Waals surface area contributed by atoms with E-state index < -0.39 is 23.9 Å². The quantitative estimate of drug-likeness (QED) is 0.0480. The molecule has 0 aliphatic rings. The maximum atomic E-state index is 13.1. The Bertz CT molecular complexity index is 2830. The molecule has 0 bridgehead atoms. The molecule has 0 heterocycles. The summed E-state index contributed by atoms with van der Waals surface area (Å²) in [5.41, 5.74) is 5.96. The fourth-order valence-electron chi connectivity index (χ4n) is 6.79. The number of hydrogen-bond acceptors (Lipinski definition) is 9. The van der Waals surface area contributed by atoms with Crippen molar-refractivity contribution >= 4 is 105 Å². The smallest absolute Gasteiger partial charge is 0.343 e. The van der Waals surface area contributed by atoms with Gasteiger partial charge in [0.05, 0.1) is 22.3 Å². The molecule has 71 heavy (non-hydrogen) atoms. The van der Waals surface area contributed by atoms with Crippen LogP contribution in [0.5, 0.6) is 23.0 Å². The number of benzene rings is 8. The summed E-state index contributed by atoms with van der Waals surface area (Å²) in [5, 5.41) is 0. The molecule has 0 aromatic heterocycles. The lowest BCUT2D eigenvalue weighted by Crippen LogP contribution is -2.09. The molecule has 8 aromatic rings. The first-order valence-electron chi connectivity index (χ1n) is 21.4. The first-order valence-corrected chi connectivity index (χ1v) is 24.6. The topological polar surface area (TPSA) is 126 Å². The summed E-state index contributed by atoms with van der Waals surface area (Å²) in [7, 11) is 3.38. The van der Waals surface area contributed by atoms with Crippen molar-refractivity contribution in [1.29, 1.82) is 0 Å². The average molecular weight is 1200 g/mol. The van der Waals surface area contributed by atoms with Gasteiger partial charge in [-0.05, 0) is 155 Å². The number of nitrogens with zero attached hydrogens (tertiary/aromatic N) is 1. The van der Waals surface area contributed by atoms with E-state index in [1.54, 1.807) is 135 Å². The minimum Gasteiger partial charge on any atom is -0.423 e. The minimum atomic E-state index is -0.519. The van der Waals surface area contributed by atoms with E-state index in [0.717, 1.165) is 57.7 Å². The SMILES string of the molecule is CN(C)C=O.O=C(Oc1ccc(C(=C(c2ccc(OC(=O)c3cccc(Br)c3)cc2)c2ccc(OC(=O)c3cccc(Br)c3)cc2)c2ccc(OC(=O)c3cccc(Br)c3)cc2)cc1)c1cccc(Br)c1. The molecular weight excluding hydrogens is 1160 g/mol. The molecule has 14 heteroatoms. The van der Waals surface area contributed by atoms with Crippen LogP contribution in [-0.4, -0.2) is 49.3 Å². The van der Waals surface area contributed by atoms with E-state index in [1.807, 2.05) is 72.8 Å². The Morgan fingerprint density at radius 1 is 0.338 bits per heavy atom. The van der Waals surface area contributed by atoms with Crippen LogP contribution in [0.3, 0.4) is 0 Å². The predicted molar refractivity (Wildman–Crippen MR) is 287 cm³/mol. The molecule has 0 unspecified atom stereocenters. The Kier molecular flexibility index (Phi) is 17.8. The van der Waals surface area contributed by atoms with E-state index in [9.17, 15) is 24.0 Å². The van der Waals surface area contributed by atoms with Crippen molar-refractivity contribution < 1.29 is 42.9 Å². The third kappa shape index (κ3) is 14.4. The van der Waals surface area contributed by atoms with Crippen molar-refractivity contribution in [2.24, 2.45) is 0 Å². The van der Waals surface area contributed by atoms with E-state index in [2.05, 4.69) is 63.7 Å². The van der Waals surface area contributed by atoms with E-state index in [4.69, 9.17) is 18.9 Å². The molecule has 0 aliphatic heterocycles. The molecule has 0 atom stereocenters. The van der Waals surface area contributed by atoms with Gasteiger partial charge < -0.3 is 23.8 Å². The van der Waals surface area contributed by atoms with Gasteiger partial charge in [-0.1, -0.05) is 137 Å². The number of amides is 1. The van der Waals surface area contributed by atoms with Crippen molar-refractivity contribution in [1.82, 2.24) is 4.90 Å². The van der Waals surface area contributed by atoms with Crippen LogP contribution >= 0.6 is 63.7 Å². The summed E-state index contributed by atoms with van der Waals surface area (Å²) < 4.78 is 26.1. The number of carbonyl (C=O) groups is 5. The summed E-state index contributed by atoms with van der Waals surface area (Å²) in [5.74, 6) is -0.768. The maximum absolute atomic E-state index is 13.1. The third-order valence-electron chi connectivity index (χ3n) is 10.1. The molecule has 354 valence electrons. The lowest BCUT2D eigenvalue weighted by Gasteiger charge is -2.19. The predicted octanol–water partition coefficient (Wildman–Crippen LogP) is 14.3. The number of esters is 4. The summed E-state index contributed by atoms with van der Waals surface area (Å²) >= 11 is 13.6. The van der Waals surface area contributed by atoms with Gasteiger partial charge in [0.15, 0.2) is 0 Å². The van der Waals surface area contributed by atoms with Crippen molar-refractivity contribution in [3.8, 4) is 23.0 Å². The molecule has 1 amide bonds. The van der Waals surface area contributed by atoms with Crippen molar-refractivity contribution in [2.45, 2.75) is 0 Å². The highest BCUT2D eigenvalue weighted by atomic mass is 79.9. The molecule has 0 spiro atoms. The molecule has 0 aliphatic carbocycles. The molecular formula is C57H39Br4NO9. The highest BCUT2D eigenvalue weighted by Crippen LogP contribution is 2.39. The minimum absolute atomic E-state index is 0.327. The summed E-state index contributed by atoms with van der Waals surface area (Å²) in [6.45, 7) is 0. The fraction of sp³-hybridized carbons (Fsp3) is 0.0351. The maximum Gasteiger partial charge on any atom is 0.343 e. The van der Waals surface area contributed by atoms with Gasteiger partial charge in [-0.25, -0.2) is 19.2 Å². The number of halogens is 4. The lowest BCUT2D eigenvalue weighted by molar-refractivity contribution is -0.115. The number of hydrogen-bond donors (Lipinski definition) is 0. The van der Waals surface area contributed by atoms with Gasteiger partial charge in [0.25, 0.3) is 0 Å². The fourth-order valence-corrected chi connectivity index (χ4v) is 8.39. The standard InChI is InChI=1S/C54H32Br4O8.C3H7NO/c55-41-9-1-5-37(29-41)51(59)63-45-21-13-33(14-22-45)49(34-15-23-46(24-16-34)64-52(60)38-6-2-10-42(56)30-38)50(35-17-25-47(26-18-35)65-53(61)39-7-3-11-43(57)31-39)36-19-27-48(28-20-36)66-54(62)40-8-4-12-44(58)32-40;1-4(2)3-5/h1-32H;3H,1-2H3. The second kappa shape index (κ2) is 24.6. The lowest BCUT2D eigenvalue weighted by atomic mass is 9.85. The van der Waals surface area contributed by atoms with Crippen LogP contribution in [0.1, 0.15) is 63.7 Å². The molecule has 0 fully saturated rings. The van der Waals surface area contributed by atoms with Gasteiger partial charge in [0.2, 0.25) is 6.41 Å². The molecule has 0 saturated carbocycles. The van der Waals surface area contributed by atoms with Gasteiger partial charge >= 0.3 is 23.9 Å². The van der Waals surface area contributed by atoms with Crippen LogP contribution in [0.15, 0.2) is 212 Å². The van der Waals surface area contributed by atoms with E-state index in [0.29, 0.717) is 45.3 Å². The summed E-state index contributed by atoms with van der Waals surface area (Å²) in [6.07, 6.45) is 0.750. The molecule has 0 saturated heterocycles. The highest BCUT2D eigenvalue weighted by Gasteiger charge is 2.20. The number of rotatable bonds is 13. The van der Waals surface area contributed by atoms with E-state index in [-0.39, 0.29) is 0 Å². The van der Waals surface area contributed by atoms with Crippen molar-refractivity contribution in [3.63, 3.8) is 0 Å². The Labute approximate surface area is 443 Å². The van der Waals surface area contributed by atoms with Gasteiger partial charge in [-0.15, -0.1) is 0 Å². The largest absolute Gasteiger partial charge is 0.423 e. The zero-order valence-corrected chi connectivity index (χ0v) is 44.0. The molecule has 0 N–H and O–H groups in total. The van der Waals surface area contributed by atoms with Crippen molar-refractivity contribution in [2.75, 3.05) is 14.1 Å². The Morgan fingerprint density at radius 2 is 0.535 bits per heavy atom. The summed E-state index contributed by atoms with van der Waals surface area (Å²) in [4.78, 5) is 63.4. The zero-order chi connectivity index (χ0) is 50.4.